The monoisotopic (exact) mass is 314 g/mol. The van der Waals surface area contributed by atoms with Crippen LogP contribution in [0.1, 0.15) is 83.5 Å². The largest absolute Gasteiger partial charge is 0.234 e. The lowest BCUT2D eigenvalue weighted by Gasteiger charge is -2.35. The van der Waals surface area contributed by atoms with E-state index >= 15 is 0 Å². The standard InChI is InChI=1S/C16H26O6/c1-2-8-14(9-3-1)17-19-15(10-4-5-11-15)21-22-16(20-18-14)12-6-7-13-16/h1-13H2. The first-order valence-electron chi connectivity index (χ1n) is 8.85. The Labute approximate surface area is 131 Å². The van der Waals surface area contributed by atoms with E-state index in [9.17, 15) is 0 Å². The van der Waals surface area contributed by atoms with E-state index in [1.54, 1.807) is 0 Å². The lowest BCUT2D eigenvalue weighted by atomic mass is 9.94. The summed E-state index contributed by atoms with van der Waals surface area (Å²) in [4.78, 5) is 34.5. The summed E-state index contributed by atoms with van der Waals surface area (Å²) < 4.78 is 0. The van der Waals surface area contributed by atoms with Crippen LogP contribution in [0, 0.1) is 0 Å². The van der Waals surface area contributed by atoms with Crippen LogP contribution in [-0.4, -0.2) is 17.4 Å². The summed E-state index contributed by atoms with van der Waals surface area (Å²) in [6.45, 7) is 0. The van der Waals surface area contributed by atoms with Gasteiger partial charge in [0.1, 0.15) is 0 Å². The highest BCUT2D eigenvalue weighted by molar-refractivity contribution is 4.80. The lowest BCUT2D eigenvalue weighted by molar-refractivity contribution is -0.552. The summed E-state index contributed by atoms with van der Waals surface area (Å²) in [6, 6.07) is 0. The molecule has 3 aliphatic carbocycles. The molecule has 6 nitrogen and oxygen atoms in total. The summed E-state index contributed by atoms with van der Waals surface area (Å²) in [6.07, 6.45) is 12.2. The summed E-state index contributed by atoms with van der Waals surface area (Å²) in [7, 11) is 0. The normalized spacial score (nSPS) is 33.8. The minimum Gasteiger partial charge on any atom is -0.195 e. The zero-order valence-electron chi connectivity index (χ0n) is 13.1. The average molecular weight is 314 g/mol. The predicted octanol–water partition coefficient (Wildman–Crippen LogP) is 4.05. The van der Waals surface area contributed by atoms with Gasteiger partial charge in [-0.3, -0.25) is 0 Å². The van der Waals surface area contributed by atoms with Gasteiger partial charge < -0.3 is 0 Å². The minimum absolute atomic E-state index is 0.777. The highest BCUT2D eigenvalue weighted by atomic mass is 17.4. The van der Waals surface area contributed by atoms with Gasteiger partial charge in [0.15, 0.2) is 0 Å². The van der Waals surface area contributed by atoms with E-state index in [0.717, 1.165) is 77.0 Å². The molecule has 0 bridgehead atoms. The second kappa shape index (κ2) is 6.00. The Balaban J connectivity index is 1.57. The smallest absolute Gasteiger partial charge is 0.195 e. The zero-order chi connectivity index (χ0) is 14.9. The molecule has 6 heteroatoms. The molecule has 0 aromatic carbocycles. The third-order valence-corrected chi connectivity index (χ3v) is 5.38. The molecule has 0 unspecified atom stereocenters. The van der Waals surface area contributed by atoms with Crippen molar-refractivity contribution in [1.29, 1.82) is 0 Å². The van der Waals surface area contributed by atoms with Crippen molar-refractivity contribution in [1.82, 2.24) is 0 Å². The summed E-state index contributed by atoms with van der Waals surface area (Å²) in [5.74, 6) is -2.44. The first-order chi connectivity index (χ1) is 10.7. The Morgan fingerprint density at radius 2 is 0.545 bits per heavy atom. The number of hydrogen-bond acceptors (Lipinski definition) is 6. The molecule has 4 rings (SSSR count). The van der Waals surface area contributed by atoms with E-state index < -0.39 is 17.4 Å². The van der Waals surface area contributed by atoms with Crippen LogP contribution in [0.2, 0.25) is 0 Å². The van der Waals surface area contributed by atoms with Crippen LogP contribution in [0.4, 0.5) is 0 Å². The topological polar surface area (TPSA) is 55.4 Å². The average Bonchev–Trinajstić information content (AvgIpc) is 3.22. The summed E-state index contributed by atoms with van der Waals surface area (Å²) in [5.41, 5.74) is 0. The lowest BCUT2D eigenvalue weighted by Crippen LogP contribution is -2.42. The van der Waals surface area contributed by atoms with Gasteiger partial charge in [0, 0.05) is 38.5 Å². The maximum Gasteiger partial charge on any atom is 0.234 e. The van der Waals surface area contributed by atoms with E-state index in [4.69, 9.17) is 29.3 Å². The van der Waals surface area contributed by atoms with Gasteiger partial charge in [-0.1, -0.05) is 6.42 Å². The molecule has 0 aromatic heterocycles. The second-order valence-corrected chi connectivity index (χ2v) is 7.21. The van der Waals surface area contributed by atoms with Gasteiger partial charge in [0.2, 0.25) is 17.4 Å². The number of hydrogen-bond donors (Lipinski definition) is 0. The summed E-state index contributed by atoms with van der Waals surface area (Å²) in [5, 5.41) is 0. The van der Waals surface area contributed by atoms with E-state index in [1.807, 2.05) is 0 Å². The first kappa shape index (κ1) is 15.3. The van der Waals surface area contributed by atoms with Gasteiger partial charge in [-0.25, -0.2) is 0 Å². The van der Waals surface area contributed by atoms with Crippen molar-refractivity contribution >= 4 is 0 Å². The molecule has 0 radical (unpaired) electrons. The van der Waals surface area contributed by atoms with Gasteiger partial charge >= 0.3 is 0 Å². The van der Waals surface area contributed by atoms with Crippen LogP contribution in [0.15, 0.2) is 0 Å². The molecule has 1 aliphatic heterocycles. The van der Waals surface area contributed by atoms with Crippen molar-refractivity contribution in [3.8, 4) is 0 Å². The van der Waals surface area contributed by atoms with Crippen LogP contribution in [0.3, 0.4) is 0 Å². The van der Waals surface area contributed by atoms with Gasteiger partial charge in [0.25, 0.3) is 0 Å². The Morgan fingerprint density at radius 1 is 0.318 bits per heavy atom. The maximum absolute atomic E-state index is 5.78. The number of rotatable bonds is 0. The molecule has 0 N–H and O–H groups in total. The van der Waals surface area contributed by atoms with Gasteiger partial charge in [-0.2, -0.15) is 29.3 Å². The van der Waals surface area contributed by atoms with Gasteiger partial charge in [0.05, 0.1) is 0 Å². The highest BCUT2D eigenvalue weighted by Gasteiger charge is 2.51. The van der Waals surface area contributed by atoms with Crippen molar-refractivity contribution in [3.05, 3.63) is 0 Å². The van der Waals surface area contributed by atoms with Crippen molar-refractivity contribution in [2.45, 2.75) is 101 Å². The fourth-order valence-corrected chi connectivity index (χ4v) is 3.92. The van der Waals surface area contributed by atoms with Crippen molar-refractivity contribution in [2.75, 3.05) is 0 Å². The predicted molar refractivity (Wildman–Crippen MR) is 74.7 cm³/mol. The second-order valence-electron chi connectivity index (χ2n) is 7.21. The third kappa shape index (κ3) is 2.92. The molecule has 3 saturated carbocycles. The first-order valence-corrected chi connectivity index (χ1v) is 8.85. The Bertz CT molecular complexity index is 350. The molecule has 3 spiro atoms. The maximum atomic E-state index is 5.78. The highest BCUT2D eigenvalue weighted by Crippen LogP contribution is 2.45. The molecule has 0 atom stereocenters. The molecule has 126 valence electrons. The molecule has 4 aliphatic rings. The summed E-state index contributed by atoms with van der Waals surface area (Å²) >= 11 is 0. The molecule has 22 heavy (non-hydrogen) atoms. The van der Waals surface area contributed by atoms with Crippen molar-refractivity contribution in [3.63, 3.8) is 0 Å². The van der Waals surface area contributed by atoms with E-state index in [-0.39, 0.29) is 0 Å². The SMILES string of the molecule is C1CCC2(CC1)OOC1(CCCC1)OOC1(CCCC1)OO2. The van der Waals surface area contributed by atoms with E-state index in [0.29, 0.717) is 0 Å². The molecule has 1 heterocycles. The third-order valence-electron chi connectivity index (χ3n) is 5.38. The van der Waals surface area contributed by atoms with Gasteiger partial charge in [-0.15, -0.1) is 0 Å². The molecule has 0 amide bonds. The fraction of sp³-hybridized carbons (Fsp3) is 1.00. The quantitative estimate of drug-likeness (QED) is 0.629. The molecule has 0 aromatic rings. The van der Waals surface area contributed by atoms with Crippen LogP contribution in [-0.2, 0) is 29.3 Å². The molecular weight excluding hydrogens is 288 g/mol. The van der Waals surface area contributed by atoms with E-state index in [2.05, 4.69) is 0 Å². The van der Waals surface area contributed by atoms with Crippen LogP contribution in [0.25, 0.3) is 0 Å². The zero-order valence-corrected chi connectivity index (χ0v) is 13.1. The van der Waals surface area contributed by atoms with Crippen LogP contribution < -0.4 is 0 Å². The molecular formula is C16H26O6. The Morgan fingerprint density at radius 3 is 0.818 bits per heavy atom. The van der Waals surface area contributed by atoms with Crippen molar-refractivity contribution in [2.24, 2.45) is 0 Å². The van der Waals surface area contributed by atoms with Crippen LogP contribution in [0.5, 0.6) is 0 Å². The van der Waals surface area contributed by atoms with Gasteiger partial charge in [-0.05, 0) is 38.5 Å². The van der Waals surface area contributed by atoms with Crippen molar-refractivity contribution < 1.29 is 29.3 Å². The molecule has 4 fully saturated rings. The minimum atomic E-state index is -0.819. The van der Waals surface area contributed by atoms with Crippen LogP contribution >= 0.6 is 0 Å². The Hall–Kier alpha value is -0.240. The molecule has 1 saturated heterocycles. The fourth-order valence-electron chi connectivity index (χ4n) is 3.92. The Kier molecular flexibility index (Phi) is 4.17. The van der Waals surface area contributed by atoms with E-state index in [1.165, 1.54) is 6.42 Å².